The first-order valence-corrected chi connectivity index (χ1v) is 6.37. The molecule has 86 valence electrons. The normalized spacial score (nSPS) is 32.9. The summed E-state index contributed by atoms with van der Waals surface area (Å²) < 4.78 is 0. The van der Waals surface area contributed by atoms with Crippen LogP contribution in [0.25, 0.3) is 0 Å². The van der Waals surface area contributed by atoms with Crippen molar-refractivity contribution in [2.75, 3.05) is 6.54 Å². The van der Waals surface area contributed by atoms with E-state index in [1.54, 1.807) is 6.07 Å². The van der Waals surface area contributed by atoms with Gasteiger partial charge in [-0.25, -0.2) is 0 Å². The molecule has 2 aliphatic heterocycles. The van der Waals surface area contributed by atoms with Crippen LogP contribution >= 0.6 is 11.6 Å². The highest BCUT2D eigenvalue weighted by Crippen LogP contribution is 2.38. The van der Waals surface area contributed by atoms with Gasteiger partial charge < -0.3 is 10.4 Å². The van der Waals surface area contributed by atoms with Gasteiger partial charge in [0.25, 0.3) is 0 Å². The number of piperidine rings is 1. The maximum Gasteiger partial charge on any atom is 0.115 e. The molecule has 2 N–H and O–H groups in total. The molecule has 1 saturated heterocycles. The number of rotatable bonds is 0. The summed E-state index contributed by atoms with van der Waals surface area (Å²) in [6.07, 6.45) is 3.49. The van der Waals surface area contributed by atoms with E-state index in [-0.39, 0.29) is 5.38 Å². The standard InChI is InChI=1S/C13H16ClNO/c14-13-11-6-10(16)3-2-9(11)5-8-1-4-12(13)15-7-8/h2-3,6,8,12-13,15-16H,1,4-5,7H2. The molecule has 1 aliphatic carbocycles. The molecule has 2 heterocycles. The van der Waals surface area contributed by atoms with Gasteiger partial charge in [-0.15, -0.1) is 11.6 Å². The Balaban J connectivity index is 2.06. The van der Waals surface area contributed by atoms with Crippen LogP contribution in [0.2, 0.25) is 0 Å². The first-order valence-electron chi connectivity index (χ1n) is 5.93. The third kappa shape index (κ3) is 1.70. The van der Waals surface area contributed by atoms with Crippen molar-refractivity contribution in [3.8, 4) is 5.75 Å². The minimum atomic E-state index is -0.0108. The van der Waals surface area contributed by atoms with Gasteiger partial charge in [0.15, 0.2) is 0 Å². The smallest absolute Gasteiger partial charge is 0.115 e. The average molecular weight is 238 g/mol. The zero-order valence-corrected chi connectivity index (χ0v) is 9.87. The fourth-order valence-corrected chi connectivity index (χ4v) is 3.33. The minimum Gasteiger partial charge on any atom is -0.508 e. The number of hydrogen-bond acceptors (Lipinski definition) is 2. The second-order valence-corrected chi connectivity index (χ2v) is 5.42. The summed E-state index contributed by atoms with van der Waals surface area (Å²) in [6.45, 7) is 1.08. The van der Waals surface area contributed by atoms with Crippen LogP contribution in [0.4, 0.5) is 0 Å². The first kappa shape index (κ1) is 10.4. The number of phenols is 1. The monoisotopic (exact) mass is 237 g/mol. The molecule has 0 aromatic heterocycles. The van der Waals surface area contributed by atoms with Crippen molar-refractivity contribution >= 4 is 11.6 Å². The van der Waals surface area contributed by atoms with Crippen LogP contribution in [0.5, 0.6) is 5.75 Å². The van der Waals surface area contributed by atoms with E-state index in [9.17, 15) is 5.11 Å². The second-order valence-electron chi connectivity index (χ2n) is 4.95. The van der Waals surface area contributed by atoms with Gasteiger partial charge in [0.05, 0.1) is 5.38 Å². The first-order chi connectivity index (χ1) is 7.74. The highest BCUT2D eigenvalue weighted by atomic mass is 35.5. The zero-order chi connectivity index (χ0) is 11.1. The molecular formula is C13H16ClNO. The maximum atomic E-state index is 9.56. The van der Waals surface area contributed by atoms with Crippen molar-refractivity contribution in [1.29, 1.82) is 0 Å². The topological polar surface area (TPSA) is 32.3 Å². The maximum absolute atomic E-state index is 9.56. The summed E-state index contributed by atoms with van der Waals surface area (Å²) in [4.78, 5) is 0. The van der Waals surface area contributed by atoms with E-state index in [0.717, 1.165) is 30.9 Å². The molecule has 3 heteroatoms. The highest BCUT2D eigenvalue weighted by Gasteiger charge is 2.31. The number of benzene rings is 1. The third-order valence-corrected chi connectivity index (χ3v) is 4.38. The predicted octanol–water partition coefficient (Wildman–Crippen LogP) is 2.60. The molecule has 1 fully saturated rings. The molecule has 0 radical (unpaired) electrons. The van der Waals surface area contributed by atoms with Crippen molar-refractivity contribution in [2.45, 2.75) is 30.7 Å². The van der Waals surface area contributed by atoms with Gasteiger partial charge in [0, 0.05) is 6.04 Å². The Hall–Kier alpha value is -0.730. The Kier molecular flexibility index (Phi) is 2.56. The summed E-state index contributed by atoms with van der Waals surface area (Å²) in [5, 5.41) is 13.1. The Morgan fingerprint density at radius 1 is 1.31 bits per heavy atom. The molecule has 0 amide bonds. The molecule has 0 saturated carbocycles. The molecule has 2 bridgehead atoms. The minimum absolute atomic E-state index is 0.0108. The lowest BCUT2D eigenvalue weighted by Crippen LogP contribution is -2.43. The van der Waals surface area contributed by atoms with E-state index in [1.807, 2.05) is 12.1 Å². The van der Waals surface area contributed by atoms with E-state index in [1.165, 1.54) is 12.0 Å². The van der Waals surface area contributed by atoms with Crippen LogP contribution in [-0.2, 0) is 6.42 Å². The quantitative estimate of drug-likeness (QED) is 0.680. The third-order valence-electron chi connectivity index (χ3n) is 3.84. The van der Waals surface area contributed by atoms with E-state index < -0.39 is 0 Å². The van der Waals surface area contributed by atoms with Crippen LogP contribution in [0.1, 0.15) is 29.3 Å². The molecule has 3 unspecified atom stereocenters. The Morgan fingerprint density at radius 3 is 2.94 bits per heavy atom. The molecule has 1 aromatic carbocycles. The molecular weight excluding hydrogens is 222 g/mol. The molecule has 1 aromatic rings. The summed E-state index contributed by atoms with van der Waals surface area (Å²) in [5.41, 5.74) is 2.43. The predicted molar refractivity (Wildman–Crippen MR) is 64.9 cm³/mol. The molecule has 4 rings (SSSR count). The second kappa shape index (κ2) is 3.94. The van der Waals surface area contributed by atoms with Gasteiger partial charge in [0.1, 0.15) is 5.75 Å². The van der Waals surface area contributed by atoms with Crippen LogP contribution in [0.3, 0.4) is 0 Å². The molecule has 3 aliphatic rings. The number of fused-ring (bicyclic) bond motifs is 2. The number of phenolic OH excluding ortho intramolecular Hbond substituents is 1. The number of aromatic hydroxyl groups is 1. The average Bonchev–Trinajstić information content (AvgIpc) is 2.30. The van der Waals surface area contributed by atoms with Gasteiger partial charge >= 0.3 is 0 Å². The van der Waals surface area contributed by atoms with Crippen LogP contribution < -0.4 is 5.32 Å². The van der Waals surface area contributed by atoms with Gasteiger partial charge in [-0.05, 0) is 55.0 Å². The number of nitrogens with one attached hydrogen (secondary N) is 1. The van der Waals surface area contributed by atoms with E-state index in [2.05, 4.69) is 5.32 Å². The summed E-state index contributed by atoms with van der Waals surface area (Å²) in [6, 6.07) is 5.99. The summed E-state index contributed by atoms with van der Waals surface area (Å²) >= 11 is 6.51. The SMILES string of the molecule is Oc1ccc2c(c1)C(Cl)C1CCC(CN1)C2. The lowest BCUT2D eigenvalue weighted by Gasteiger charge is -2.37. The lowest BCUT2D eigenvalue weighted by atomic mass is 9.81. The number of hydrogen-bond donors (Lipinski definition) is 2. The van der Waals surface area contributed by atoms with Crippen molar-refractivity contribution in [1.82, 2.24) is 5.32 Å². The van der Waals surface area contributed by atoms with Gasteiger partial charge in [-0.3, -0.25) is 0 Å². The van der Waals surface area contributed by atoms with Crippen molar-refractivity contribution in [3.63, 3.8) is 0 Å². The van der Waals surface area contributed by atoms with Crippen LogP contribution in [0.15, 0.2) is 18.2 Å². The van der Waals surface area contributed by atoms with Gasteiger partial charge in [-0.1, -0.05) is 6.07 Å². The number of halogens is 1. The van der Waals surface area contributed by atoms with E-state index in [4.69, 9.17) is 11.6 Å². The highest BCUT2D eigenvalue weighted by molar-refractivity contribution is 6.21. The van der Waals surface area contributed by atoms with E-state index >= 15 is 0 Å². The number of alkyl halides is 1. The van der Waals surface area contributed by atoms with Crippen LogP contribution in [0, 0.1) is 5.92 Å². The zero-order valence-electron chi connectivity index (χ0n) is 9.12. The fourth-order valence-electron chi connectivity index (χ4n) is 2.91. The largest absolute Gasteiger partial charge is 0.508 e. The summed E-state index contributed by atoms with van der Waals surface area (Å²) in [7, 11) is 0. The van der Waals surface area contributed by atoms with Gasteiger partial charge in [-0.2, -0.15) is 0 Å². The Labute approximate surface area is 101 Å². The Bertz CT molecular complexity index is 399. The van der Waals surface area contributed by atoms with Gasteiger partial charge in [0.2, 0.25) is 0 Å². The van der Waals surface area contributed by atoms with Crippen molar-refractivity contribution < 1.29 is 5.11 Å². The van der Waals surface area contributed by atoms with Crippen LogP contribution in [-0.4, -0.2) is 17.7 Å². The molecule has 16 heavy (non-hydrogen) atoms. The van der Waals surface area contributed by atoms with Crippen molar-refractivity contribution in [2.24, 2.45) is 5.92 Å². The molecule has 0 spiro atoms. The fraction of sp³-hybridized carbons (Fsp3) is 0.538. The Morgan fingerprint density at radius 2 is 2.19 bits per heavy atom. The molecule has 3 atom stereocenters. The van der Waals surface area contributed by atoms with Crippen molar-refractivity contribution in [3.05, 3.63) is 29.3 Å². The van der Waals surface area contributed by atoms with E-state index in [0.29, 0.717) is 11.8 Å². The summed E-state index contributed by atoms with van der Waals surface area (Å²) in [5.74, 6) is 1.05. The lowest BCUT2D eigenvalue weighted by molar-refractivity contribution is 0.291. The molecule has 2 nitrogen and oxygen atoms in total.